The molecule has 0 aliphatic heterocycles. The number of H-pyrrole nitrogens is 1. The summed E-state index contributed by atoms with van der Waals surface area (Å²) in [6.07, 6.45) is 1.58. The van der Waals surface area contributed by atoms with Crippen molar-refractivity contribution < 1.29 is 8.42 Å². The van der Waals surface area contributed by atoms with Crippen LogP contribution in [0.15, 0.2) is 53.6 Å². The minimum absolute atomic E-state index is 0.0250. The van der Waals surface area contributed by atoms with E-state index in [4.69, 9.17) is 17.3 Å². The molecule has 0 atom stereocenters. The van der Waals surface area contributed by atoms with E-state index in [0.29, 0.717) is 22.5 Å². The molecule has 0 saturated carbocycles. The molecule has 8 nitrogen and oxygen atoms in total. The Morgan fingerprint density at radius 1 is 1.14 bits per heavy atom. The number of fused-ring (bicyclic) bond motifs is 1. The second-order valence-corrected chi connectivity index (χ2v) is 8.24. The Bertz CT molecular complexity index is 1290. The van der Waals surface area contributed by atoms with Crippen LogP contribution in [0.1, 0.15) is 5.56 Å². The van der Waals surface area contributed by atoms with Gasteiger partial charge in [0.25, 0.3) is 10.0 Å². The number of nitrogen functional groups attached to an aromatic ring is 1. The number of nitrogens with one attached hydrogen (secondary N) is 2. The lowest BCUT2D eigenvalue weighted by molar-refractivity contribution is 0.601. The molecule has 4 N–H and O–H groups in total. The molecule has 0 amide bonds. The highest BCUT2D eigenvalue weighted by molar-refractivity contribution is 7.92. The number of anilines is 2. The minimum atomic E-state index is -3.80. The maximum absolute atomic E-state index is 12.6. The van der Waals surface area contributed by atoms with Crippen molar-refractivity contribution in [2.45, 2.75) is 11.8 Å². The molecule has 10 heteroatoms. The van der Waals surface area contributed by atoms with Gasteiger partial charge in [-0.3, -0.25) is 9.82 Å². The molecule has 0 aliphatic carbocycles. The van der Waals surface area contributed by atoms with E-state index in [0.717, 1.165) is 11.1 Å². The highest BCUT2D eigenvalue weighted by atomic mass is 35.5. The largest absolute Gasteiger partial charge is 0.380 e. The third-order valence-corrected chi connectivity index (χ3v) is 5.97. The van der Waals surface area contributed by atoms with Crippen molar-refractivity contribution in [1.82, 2.24) is 20.2 Å². The quantitative estimate of drug-likeness (QED) is 0.470. The molecule has 0 saturated heterocycles. The van der Waals surface area contributed by atoms with Gasteiger partial charge in [0, 0.05) is 11.3 Å². The van der Waals surface area contributed by atoms with Gasteiger partial charge in [0.1, 0.15) is 4.90 Å². The highest BCUT2D eigenvalue weighted by Gasteiger charge is 2.18. The fraction of sp³-hybridized carbons (Fsp3) is 0.0556. The monoisotopic (exact) mass is 414 g/mol. The molecule has 2 aromatic carbocycles. The van der Waals surface area contributed by atoms with Crippen LogP contribution in [0, 0.1) is 6.92 Å². The molecule has 2 heterocycles. The van der Waals surface area contributed by atoms with Crippen molar-refractivity contribution in [2.75, 3.05) is 10.5 Å². The number of benzene rings is 2. The van der Waals surface area contributed by atoms with Gasteiger partial charge in [0.15, 0.2) is 17.0 Å². The van der Waals surface area contributed by atoms with Crippen molar-refractivity contribution in [3.8, 4) is 11.3 Å². The van der Waals surface area contributed by atoms with Crippen LogP contribution in [0.5, 0.6) is 0 Å². The van der Waals surface area contributed by atoms with Gasteiger partial charge in [-0.15, -0.1) is 0 Å². The van der Waals surface area contributed by atoms with Gasteiger partial charge < -0.3 is 5.73 Å². The second-order valence-electron chi connectivity index (χ2n) is 6.18. The van der Waals surface area contributed by atoms with E-state index >= 15 is 0 Å². The van der Waals surface area contributed by atoms with Crippen molar-refractivity contribution in [2.24, 2.45) is 0 Å². The fourth-order valence-electron chi connectivity index (χ4n) is 2.70. The molecular weight excluding hydrogens is 400 g/mol. The number of hydrogen-bond acceptors (Lipinski definition) is 6. The predicted octanol–water partition coefficient (Wildman–Crippen LogP) is 3.36. The zero-order chi connectivity index (χ0) is 19.9. The van der Waals surface area contributed by atoms with Crippen LogP contribution in [0.2, 0.25) is 5.02 Å². The number of halogens is 1. The molecule has 0 aliphatic rings. The van der Waals surface area contributed by atoms with Crippen LogP contribution < -0.4 is 10.5 Å². The number of nitrogens with zero attached hydrogens (tertiary/aromatic N) is 3. The summed E-state index contributed by atoms with van der Waals surface area (Å²) >= 11 is 6.08. The van der Waals surface area contributed by atoms with E-state index in [1.807, 2.05) is 6.92 Å². The SMILES string of the molecule is Cc1ccc(S(=O)(=O)Nc2ccc(-c3cnc4c(N)n[nH]c4n3)cc2)c(Cl)c1. The first-order valence-electron chi connectivity index (χ1n) is 8.19. The standard InChI is InChI=1S/C18H15ClN6O2S/c1-10-2-7-15(13(19)8-10)28(26,27)25-12-5-3-11(4-6-12)14-9-21-16-17(20)23-24-18(16)22-14/h2-9,25H,1H3,(H3,20,22,23,24). The number of aryl methyl sites for hydroxylation is 1. The minimum Gasteiger partial charge on any atom is -0.380 e. The molecule has 4 aromatic rings. The molecule has 0 spiro atoms. The zero-order valence-corrected chi connectivity index (χ0v) is 16.2. The van der Waals surface area contributed by atoms with Crippen LogP contribution in [0.4, 0.5) is 11.5 Å². The third-order valence-electron chi connectivity index (χ3n) is 4.11. The first-order chi connectivity index (χ1) is 13.3. The first-order valence-corrected chi connectivity index (χ1v) is 10.1. The number of aromatic nitrogens is 4. The van der Waals surface area contributed by atoms with Gasteiger partial charge in [-0.25, -0.2) is 18.4 Å². The Labute approximate surface area is 165 Å². The van der Waals surface area contributed by atoms with Gasteiger partial charge in [0.2, 0.25) is 0 Å². The van der Waals surface area contributed by atoms with E-state index in [-0.39, 0.29) is 15.7 Å². The number of rotatable bonds is 4. The maximum Gasteiger partial charge on any atom is 0.263 e. The summed E-state index contributed by atoms with van der Waals surface area (Å²) in [6.45, 7) is 1.84. The summed E-state index contributed by atoms with van der Waals surface area (Å²) in [5, 5.41) is 6.75. The summed E-state index contributed by atoms with van der Waals surface area (Å²) in [5.41, 5.74) is 9.32. The summed E-state index contributed by atoms with van der Waals surface area (Å²) < 4.78 is 27.7. The number of nitrogens with two attached hydrogens (primary N) is 1. The summed E-state index contributed by atoms with van der Waals surface area (Å²) in [6, 6.07) is 11.5. The fourth-order valence-corrected chi connectivity index (χ4v) is 4.36. The van der Waals surface area contributed by atoms with Gasteiger partial charge in [-0.05, 0) is 36.8 Å². The summed E-state index contributed by atoms with van der Waals surface area (Å²) in [5.74, 6) is 0.286. The number of sulfonamides is 1. The Hall–Kier alpha value is -3.17. The molecular formula is C18H15ClN6O2S. The van der Waals surface area contributed by atoms with Crippen molar-refractivity contribution in [3.63, 3.8) is 0 Å². The van der Waals surface area contributed by atoms with Crippen LogP contribution in [-0.2, 0) is 10.0 Å². The van der Waals surface area contributed by atoms with E-state index in [9.17, 15) is 8.42 Å². The molecule has 28 heavy (non-hydrogen) atoms. The summed E-state index contributed by atoms with van der Waals surface area (Å²) in [7, 11) is -3.80. The highest BCUT2D eigenvalue weighted by Crippen LogP contribution is 2.26. The topological polar surface area (TPSA) is 127 Å². The van der Waals surface area contributed by atoms with Crippen LogP contribution in [0.25, 0.3) is 22.4 Å². The lowest BCUT2D eigenvalue weighted by Gasteiger charge is -2.10. The number of aromatic amines is 1. The molecule has 142 valence electrons. The van der Waals surface area contributed by atoms with Crippen LogP contribution in [0.3, 0.4) is 0 Å². The Morgan fingerprint density at radius 3 is 2.61 bits per heavy atom. The van der Waals surface area contributed by atoms with Gasteiger partial charge >= 0.3 is 0 Å². The Morgan fingerprint density at radius 2 is 1.89 bits per heavy atom. The maximum atomic E-state index is 12.6. The van der Waals surface area contributed by atoms with Crippen molar-refractivity contribution >= 4 is 44.3 Å². The number of hydrogen-bond donors (Lipinski definition) is 3. The van der Waals surface area contributed by atoms with E-state index < -0.39 is 10.0 Å². The average molecular weight is 415 g/mol. The molecule has 0 radical (unpaired) electrons. The average Bonchev–Trinajstić information content (AvgIpc) is 3.02. The summed E-state index contributed by atoms with van der Waals surface area (Å²) in [4.78, 5) is 8.69. The molecule has 4 rings (SSSR count). The molecule has 0 bridgehead atoms. The van der Waals surface area contributed by atoms with E-state index in [1.165, 1.54) is 6.07 Å². The van der Waals surface area contributed by atoms with Gasteiger partial charge in [0.05, 0.1) is 16.9 Å². The second kappa shape index (κ2) is 6.77. The Balaban J connectivity index is 1.60. The zero-order valence-electron chi connectivity index (χ0n) is 14.6. The van der Waals surface area contributed by atoms with Crippen LogP contribution in [-0.4, -0.2) is 28.6 Å². The van der Waals surface area contributed by atoms with E-state index in [1.54, 1.807) is 42.6 Å². The lowest BCUT2D eigenvalue weighted by atomic mass is 10.1. The van der Waals surface area contributed by atoms with Crippen molar-refractivity contribution in [1.29, 1.82) is 0 Å². The third kappa shape index (κ3) is 3.37. The van der Waals surface area contributed by atoms with Crippen LogP contribution >= 0.6 is 11.6 Å². The molecule has 2 aromatic heterocycles. The smallest absolute Gasteiger partial charge is 0.263 e. The van der Waals surface area contributed by atoms with Crippen molar-refractivity contribution in [3.05, 3.63) is 59.2 Å². The predicted molar refractivity (Wildman–Crippen MR) is 109 cm³/mol. The first kappa shape index (κ1) is 18.2. The molecule has 0 fully saturated rings. The van der Waals surface area contributed by atoms with Gasteiger partial charge in [-0.1, -0.05) is 29.8 Å². The normalized spacial score (nSPS) is 11.6. The Kier molecular flexibility index (Phi) is 4.40. The van der Waals surface area contributed by atoms with Gasteiger partial charge in [-0.2, -0.15) is 5.10 Å². The lowest BCUT2D eigenvalue weighted by Crippen LogP contribution is -2.13. The molecule has 0 unspecified atom stereocenters. The van der Waals surface area contributed by atoms with E-state index in [2.05, 4.69) is 24.9 Å².